The van der Waals surface area contributed by atoms with Gasteiger partial charge in [0.1, 0.15) is 0 Å². The van der Waals surface area contributed by atoms with Crippen molar-refractivity contribution in [3.05, 3.63) is 12.2 Å². The molecule has 0 saturated carbocycles. The first-order valence-electron chi connectivity index (χ1n) is 7.90. The Labute approximate surface area is 136 Å². The molecule has 1 fully saturated rings. The fraction of sp³-hybridized carbons (Fsp3) is 0.812. The van der Waals surface area contributed by atoms with E-state index in [2.05, 4.69) is 57.8 Å². The van der Waals surface area contributed by atoms with E-state index in [0.717, 1.165) is 6.54 Å². The molecular formula is C16H29NO2SeSi. The van der Waals surface area contributed by atoms with Crippen LogP contribution < -0.4 is 0 Å². The summed E-state index contributed by atoms with van der Waals surface area (Å²) in [7, 11) is -1.80. The average molecular weight is 374 g/mol. The van der Waals surface area contributed by atoms with E-state index in [-0.39, 0.29) is 17.1 Å². The maximum atomic E-state index is 12.5. The van der Waals surface area contributed by atoms with E-state index in [4.69, 9.17) is 4.43 Å². The van der Waals surface area contributed by atoms with Crippen LogP contribution in [-0.2, 0) is 9.22 Å². The number of carbonyl (C=O) groups is 1. The molecule has 0 unspecified atom stereocenters. The van der Waals surface area contributed by atoms with E-state index in [1.165, 1.54) is 11.7 Å². The van der Waals surface area contributed by atoms with Gasteiger partial charge in [0.15, 0.2) is 0 Å². The molecule has 0 aromatic heterocycles. The van der Waals surface area contributed by atoms with Crippen LogP contribution in [0.3, 0.4) is 0 Å². The van der Waals surface area contributed by atoms with Crippen molar-refractivity contribution in [1.29, 1.82) is 0 Å². The van der Waals surface area contributed by atoms with Gasteiger partial charge in [-0.2, -0.15) is 0 Å². The predicted molar refractivity (Wildman–Crippen MR) is 91.1 cm³/mol. The second-order valence-electron chi connectivity index (χ2n) is 7.62. The van der Waals surface area contributed by atoms with Gasteiger partial charge in [0.25, 0.3) is 0 Å². The van der Waals surface area contributed by atoms with Crippen molar-refractivity contribution in [2.24, 2.45) is 5.92 Å². The Morgan fingerprint density at radius 2 is 2.05 bits per heavy atom. The summed E-state index contributed by atoms with van der Waals surface area (Å²) >= 11 is 0.522. The van der Waals surface area contributed by atoms with Crippen LogP contribution in [-0.4, -0.2) is 51.7 Å². The Morgan fingerprint density at radius 1 is 1.38 bits per heavy atom. The van der Waals surface area contributed by atoms with Gasteiger partial charge in [-0.15, -0.1) is 0 Å². The minimum absolute atomic E-state index is 0.0601. The van der Waals surface area contributed by atoms with Gasteiger partial charge in [-0.25, -0.2) is 0 Å². The summed E-state index contributed by atoms with van der Waals surface area (Å²) in [5.74, 6) is 0.408. The Bertz CT molecular complexity index is 430. The van der Waals surface area contributed by atoms with Crippen LogP contribution in [0.1, 0.15) is 34.1 Å². The molecule has 0 radical (unpaired) electrons. The van der Waals surface area contributed by atoms with E-state index >= 15 is 0 Å². The average Bonchev–Trinajstić information content (AvgIpc) is 2.30. The maximum absolute atomic E-state index is 12.5. The number of allylic oxidation sites excluding steroid dienone is 1. The van der Waals surface area contributed by atoms with Crippen molar-refractivity contribution >= 4 is 29.2 Å². The van der Waals surface area contributed by atoms with Crippen LogP contribution in [0.4, 0.5) is 0 Å². The zero-order valence-electron chi connectivity index (χ0n) is 14.2. The molecule has 120 valence electrons. The summed E-state index contributed by atoms with van der Waals surface area (Å²) in [5.41, 5.74) is 0. The number of hydrogen-bond donors (Lipinski definition) is 0. The summed E-state index contributed by atoms with van der Waals surface area (Å²) < 4.78 is 6.48. The van der Waals surface area contributed by atoms with Crippen LogP contribution in [0.25, 0.3) is 0 Å². The van der Waals surface area contributed by atoms with Crippen molar-refractivity contribution in [2.45, 2.75) is 68.6 Å². The Kier molecular flexibility index (Phi) is 5.09. The molecule has 2 rings (SSSR count). The standard InChI is InChI=1S/C16H29NO2SeSi/c1-12(19-21(5,6)16(2,3)4)13-14(18)17-10-8-7-9-11-20-15(13)17/h7-8,12-13,15H,9-11H2,1-6H3/b8-7-/t12-,13+,15-/m1/s1. The third-order valence-corrected chi connectivity index (χ3v) is 12.4. The van der Waals surface area contributed by atoms with Gasteiger partial charge < -0.3 is 0 Å². The first-order valence-corrected chi connectivity index (χ1v) is 13.0. The molecule has 0 aromatic carbocycles. The number of carbonyl (C=O) groups excluding carboxylic acids is 1. The zero-order chi connectivity index (χ0) is 15.8. The molecule has 2 aliphatic rings. The second-order valence-corrected chi connectivity index (χ2v) is 14.9. The van der Waals surface area contributed by atoms with Gasteiger partial charge in [0, 0.05) is 0 Å². The fourth-order valence-corrected chi connectivity index (χ4v) is 7.08. The molecule has 0 spiro atoms. The summed E-state index contributed by atoms with van der Waals surface area (Å²) in [4.78, 5) is 15.0. The molecule has 0 aromatic rings. The van der Waals surface area contributed by atoms with Crippen molar-refractivity contribution in [3.63, 3.8) is 0 Å². The normalized spacial score (nSPS) is 30.0. The predicted octanol–water partition coefficient (Wildman–Crippen LogP) is 3.26. The van der Waals surface area contributed by atoms with Gasteiger partial charge in [-0.1, -0.05) is 0 Å². The van der Waals surface area contributed by atoms with Crippen molar-refractivity contribution < 1.29 is 9.22 Å². The number of fused-ring (bicyclic) bond motifs is 1. The molecule has 1 saturated heterocycles. The van der Waals surface area contributed by atoms with Gasteiger partial charge >= 0.3 is 137 Å². The van der Waals surface area contributed by atoms with Crippen LogP contribution >= 0.6 is 0 Å². The van der Waals surface area contributed by atoms with Gasteiger partial charge in [-0.05, 0) is 0 Å². The number of β-lactam (4-membered cyclic amide) rings is 1. The monoisotopic (exact) mass is 375 g/mol. The molecule has 5 heteroatoms. The minimum atomic E-state index is -1.80. The van der Waals surface area contributed by atoms with Gasteiger partial charge in [0.05, 0.1) is 0 Å². The van der Waals surface area contributed by atoms with E-state index in [0.29, 0.717) is 25.8 Å². The number of nitrogens with zero attached hydrogens (tertiary/aromatic N) is 1. The van der Waals surface area contributed by atoms with Crippen LogP contribution in [0.15, 0.2) is 12.2 Å². The number of amides is 1. The molecule has 3 atom stereocenters. The van der Waals surface area contributed by atoms with Crippen molar-refractivity contribution in [3.8, 4) is 0 Å². The van der Waals surface area contributed by atoms with E-state index < -0.39 is 8.32 Å². The Balaban J connectivity index is 2.05. The van der Waals surface area contributed by atoms with E-state index in [1.807, 2.05) is 0 Å². The zero-order valence-corrected chi connectivity index (χ0v) is 16.9. The molecule has 0 aliphatic carbocycles. The van der Waals surface area contributed by atoms with E-state index in [9.17, 15) is 4.79 Å². The fourth-order valence-electron chi connectivity index (χ4n) is 2.65. The Hall–Kier alpha value is -0.0936. The third kappa shape index (κ3) is 3.47. The number of rotatable bonds is 3. The second kappa shape index (κ2) is 6.19. The summed E-state index contributed by atoms with van der Waals surface area (Å²) in [6.45, 7) is 14.2. The van der Waals surface area contributed by atoms with Gasteiger partial charge in [0.2, 0.25) is 0 Å². The Morgan fingerprint density at radius 3 is 2.67 bits per heavy atom. The third-order valence-electron chi connectivity index (χ3n) is 5.02. The summed E-state index contributed by atoms with van der Waals surface area (Å²) in [6, 6.07) is 0. The molecule has 2 heterocycles. The van der Waals surface area contributed by atoms with Crippen LogP contribution in [0.5, 0.6) is 0 Å². The van der Waals surface area contributed by atoms with Crippen molar-refractivity contribution in [2.75, 3.05) is 6.54 Å². The molecule has 2 aliphatic heterocycles. The quantitative estimate of drug-likeness (QED) is 0.431. The number of hydrogen-bond acceptors (Lipinski definition) is 2. The van der Waals surface area contributed by atoms with Crippen LogP contribution in [0.2, 0.25) is 23.5 Å². The van der Waals surface area contributed by atoms with Gasteiger partial charge in [-0.3, -0.25) is 0 Å². The molecule has 0 bridgehead atoms. The van der Waals surface area contributed by atoms with Crippen LogP contribution in [0, 0.1) is 5.92 Å². The molecule has 21 heavy (non-hydrogen) atoms. The van der Waals surface area contributed by atoms with E-state index in [1.54, 1.807) is 0 Å². The SMILES string of the molecule is C[C@@H](O[Si](C)(C)C(C)(C)C)[C@H]1C(=O)N2C/C=C\CC[Se][C@H]12. The topological polar surface area (TPSA) is 29.5 Å². The molecular weight excluding hydrogens is 345 g/mol. The first kappa shape index (κ1) is 17.3. The summed E-state index contributed by atoms with van der Waals surface area (Å²) in [5, 5.41) is 1.43. The van der Waals surface area contributed by atoms with Crippen molar-refractivity contribution in [1.82, 2.24) is 4.90 Å². The first-order chi connectivity index (χ1) is 9.65. The molecule has 1 amide bonds. The summed E-state index contributed by atoms with van der Waals surface area (Å²) in [6.07, 6.45) is 5.59. The molecule has 3 nitrogen and oxygen atoms in total. The molecule has 0 N–H and O–H groups in total.